The number of aliphatic hydroxyl groups is 1. The maximum absolute atomic E-state index is 12.5. The van der Waals surface area contributed by atoms with Crippen LogP contribution in [0, 0.1) is 12.8 Å². The molecule has 0 bridgehead atoms. The van der Waals surface area contributed by atoms with Crippen molar-refractivity contribution in [3.8, 4) is 0 Å². The van der Waals surface area contributed by atoms with Gasteiger partial charge in [0.25, 0.3) is 5.91 Å². The minimum atomic E-state index is -0.516. The van der Waals surface area contributed by atoms with Crippen molar-refractivity contribution in [1.29, 1.82) is 0 Å². The first-order valence-electron chi connectivity index (χ1n) is 7.21. The smallest absolute Gasteiger partial charge is 0.290 e. The number of aliphatic hydroxyl groups excluding tert-OH is 1. The van der Waals surface area contributed by atoms with E-state index in [1.807, 2.05) is 18.4 Å². The number of carbonyl (C=O) groups is 2. The summed E-state index contributed by atoms with van der Waals surface area (Å²) in [6, 6.07) is 1.43. The number of ether oxygens (including phenoxy) is 1. The van der Waals surface area contributed by atoms with Crippen LogP contribution in [0.4, 0.5) is 0 Å². The van der Waals surface area contributed by atoms with Gasteiger partial charge in [0.1, 0.15) is 0 Å². The molecule has 1 aromatic heterocycles. The first-order chi connectivity index (χ1) is 10.4. The quantitative estimate of drug-likeness (QED) is 0.874. The molecule has 22 heavy (non-hydrogen) atoms. The number of hydrogen-bond donors (Lipinski definition) is 1. The van der Waals surface area contributed by atoms with E-state index in [-0.39, 0.29) is 17.3 Å². The summed E-state index contributed by atoms with van der Waals surface area (Å²) in [7, 11) is 1.55. The number of rotatable bonds is 6. The van der Waals surface area contributed by atoms with Gasteiger partial charge >= 0.3 is 0 Å². The molecule has 0 aliphatic carbocycles. The standard InChI is InChI=1S/C16H21NO4S/c1-9(2)13(18)11-12(15-10(3)5-8-22-15)17(6-7-21-4)16(20)14(11)19/h5,8-9,12,19H,6-7H2,1-4H3. The summed E-state index contributed by atoms with van der Waals surface area (Å²) >= 11 is 1.49. The third kappa shape index (κ3) is 2.80. The van der Waals surface area contributed by atoms with Gasteiger partial charge in [-0.2, -0.15) is 0 Å². The highest BCUT2D eigenvalue weighted by molar-refractivity contribution is 7.10. The molecule has 1 aliphatic heterocycles. The molecule has 1 aliphatic rings. The van der Waals surface area contributed by atoms with Crippen LogP contribution in [-0.4, -0.2) is 42.0 Å². The highest BCUT2D eigenvalue weighted by Gasteiger charge is 2.44. The van der Waals surface area contributed by atoms with Crippen molar-refractivity contribution in [1.82, 2.24) is 4.90 Å². The molecule has 0 spiro atoms. The monoisotopic (exact) mass is 323 g/mol. The van der Waals surface area contributed by atoms with Crippen molar-refractivity contribution in [3.63, 3.8) is 0 Å². The number of amides is 1. The van der Waals surface area contributed by atoms with Crippen LogP contribution in [0.15, 0.2) is 22.8 Å². The van der Waals surface area contributed by atoms with Gasteiger partial charge in [0.15, 0.2) is 11.5 Å². The van der Waals surface area contributed by atoms with Crippen LogP contribution >= 0.6 is 11.3 Å². The highest BCUT2D eigenvalue weighted by Crippen LogP contribution is 2.41. The van der Waals surface area contributed by atoms with Gasteiger partial charge in [0, 0.05) is 24.4 Å². The molecule has 1 atom stereocenters. The minimum Gasteiger partial charge on any atom is -0.503 e. The summed E-state index contributed by atoms with van der Waals surface area (Å²) in [6.07, 6.45) is 0. The molecule has 1 amide bonds. The lowest BCUT2D eigenvalue weighted by Gasteiger charge is -2.26. The number of Topliss-reactive ketones (excluding diaryl/α,β-unsaturated/α-hetero) is 1. The van der Waals surface area contributed by atoms with Crippen LogP contribution in [0.1, 0.15) is 30.3 Å². The van der Waals surface area contributed by atoms with Gasteiger partial charge in [0.05, 0.1) is 18.2 Å². The Morgan fingerprint density at radius 2 is 2.18 bits per heavy atom. The molecule has 1 aromatic rings. The Hall–Kier alpha value is -1.66. The lowest BCUT2D eigenvalue weighted by atomic mass is 9.94. The highest BCUT2D eigenvalue weighted by atomic mass is 32.1. The number of methoxy groups -OCH3 is 1. The second kappa shape index (κ2) is 6.62. The molecule has 2 rings (SSSR count). The fourth-order valence-corrected chi connectivity index (χ4v) is 3.62. The summed E-state index contributed by atoms with van der Waals surface area (Å²) in [5.74, 6) is -1.40. The average Bonchev–Trinajstić information content (AvgIpc) is 2.99. The molecular weight excluding hydrogens is 302 g/mol. The SMILES string of the molecule is COCCN1C(=O)C(O)=C(C(=O)C(C)C)C1c1sccc1C. The van der Waals surface area contributed by atoms with E-state index in [1.165, 1.54) is 16.2 Å². The molecule has 5 nitrogen and oxygen atoms in total. The van der Waals surface area contributed by atoms with E-state index in [2.05, 4.69) is 0 Å². The Balaban J connectivity index is 2.50. The van der Waals surface area contributed by atoms with Crippen molar-refractivity contribution in [2.75, 3.05) is 20.3 Å². The number of nitrogens with zero attached hydrogens (tertiary/aromatic N) is 1. The van der Waals surface area contributed by atoms with Gasteiger partial charge in [0.2, 0.25) is 0 Å². The zero-order valence-electron chi connectivity index (χ0n) is 13.3. The van der Waals surface area contributed by atoms with Crippen LogP contribution in [0.5, 0.6) is 0 Å². The van der Waals surface area contributed by atoms with E-state index in [0.29, 0.717) is 13.2 Å². The zero-order chi connectivity index (χ0) is 16.4. The van der Waals surface area contributed by atoms with Crippen LogP contribution < -0.4 is 0 Å². The molecule has 0 saturated carbocycles. The third-order valence-electron chi connectivity index (χ3n) is 3.78. The molecule has 0 radical (unpaired) electrons. The van der Waals surface area contributed by atoms with E-state index in [0.717, 1.165) is 10.4 Å². The lowest BCUT2D eigenvalue weighted by molar-refractivity contribution is -0.130. The van der Waals surface area contributed by atoms with Gasteiger partial charge < -0.3 is 14.7 Å². The van der Waals surface area contributed by atoms with Crippen LogP contribution in [-0.2, 0) is 14.3 Å². The topological polar surface area (TPSA) is 66.8 Å². The fraction of sp³-hybridized carbons (Fsp3) is 0.500. The van der Waals surface area contributed by atoms with Gasteiger partial charge in [-0.15, -0.1) is 11.3 Å². The number of aryl methyl sites for hydroxylation is 1. The molecule has 0 aromatic carbocycles. The zero-order valence-corrected chi connectivity index (χ0v) is 14.1. The maximum Gasteiger partial charge on any atom is 0.290 e. The summed E-state index contributed by atoms with van der Waals surface area (Å²) in [5, 5.41) is 12.2. The normalized spacial score (nSPS) is 18.7. The Bertz CT molecular complexity index is 617. The molecule has 6 heteroatoms. The summed E-state index contributed by atoms with van der Waals surface area (Å²) < 4.78 is 5.05. The first-order valence-corrected chi connectivity index (χ1v) is 8.09. The molecule has 0 saturated heterocycles. The second-order valence-corrected chi connectivity index (χ2v) is 6.59. The Labute approximate surface area is 134 Å². The molecule has 0 fully saturated rings. The predicted molar refractivity (Wildman–Crippen MR) is 84.9 cm³/mol. The Morgan fingerprint density at radius 3 is 2.68 bits per heavy atom. The number of hydrogen-bond acceptors (Lipinski definition) is 5. The van der Waals surface area contributed by atoms with E-state index >= 15 is 0 Å². The van der Waals surface area contributed by atoms with Crippen LogP contribution in [0.2, 0.25) is 0 Å². The third-order valence-corrected chi connectivity index (χ3v) is 4.85. The van der Waals surface area contributed by atoms with Gasteiger partial charge in [-0.25, -0.2) is 0 Å². The second-order valence-electron chi connectivity index (χ2n) is 5.64. The van der Waals surface area contributed by atoms with E-state index in [4.69, 9.17) is 4.74 Å². The molecular formula is C16H21NO4S. The van der Waals surface area contributed by atoms with Gasteiger partial charge in [-0.1, -0.05) is 13.8 Å². The van der Waals surface area contributed by atoms with Crippen LogP contribution in [0.25, 0.3) is 0 Å². The minimum absolute atomic E-state index is 0.191. The van der Waals surface area contributed by atoms with E-state index in [9.17, 15) is 14.7 Å². The lowest BCUT2D eigenvalue weighted by Crippen LogP contribution is -2.34. The van der Waals surface area contributed by atoms with Crippen molar-refractivity contribution in [3.05, 3.63) is 33.2 Å². The molecule has 120 valence electrons. The molecule has 1 unspecified atom stereocenters. The maximum atomic E-state index is 12.5. The van der Waals surface area contributed by atoms with Gasteiger partial charge in [-0.3, -0.25) is 9.59 Å². The molecule has 2 heterocycles. The van der Waals surface area contributed by atoms with Crippen molar-refractivity contribution >= 4 is 23.0 Å². The Morgan fingerprint density at radius 1 is 1.50 bits per heavy atom. The van der Waals surface area contributed by atoms with Crippen molar-refractivity contribution in [2.24, 2.45) is 5.92 Å². The van der Waals surface area contributed by atoms with Crippen molar-refractivity contribution < 1.29 is 19.4 Å². The Kier molecular flexibility index (Phi) is 5.03. The van der Waals surface area contributed by atoms with Gasteiger partial charge in [-0.05, 0) is 23.9 Å². The number of ketones is 1. The summed E-state index contributed by atoms with van der Waals surface area (Å²) in [4.78, 5) is 27.3. The predicted octanol–water partition coefficient (Wildman–Crippen LogP) is 2.62. The number of carbonyl (C=O) groups excluding carboxylic acids is 2. The van der Waals surface area contributed by atoms with Crippen LogP contribution in [0.3, 0.4) is 0 Å². The fourth-order valence-electron chi connectivity index (χ4n) is 2.57. The largest absolute Gasteiger partial charge is 0.503 e. The number of thiophene rings is 1. The summed E-state index contributed by atoms with van der Waals surface area (Å²) in [6.45, 7) is 6.16. The summed E-state index contributed by atoms with van der Waals surface area (Å²) in [5.41, 5.74) is 1.22. The van der Waals surface area contributed by atoms with E-state index in [1.54, 1.807) is 21.0 Å². The van der Waals surface area contributed by atoms with E-state index < -0.39 is 17.7 Å². The molecule has 1 N–H and O–H groups in total. The average molecular weight is 323 g/mol. The first kappa shape index (κ1) is 16.7. The van der Waals surface area contributed by atoms with Crippen molar-refractivity contribution in [2.45, 2.75) is 26.8 Å².